The first-order valence-electron chi connectivity index (χ1n) is 11.1. The molecular formula is C26H27N3O4S2. The fraction of sp³-hybridized carbons (Fsp3) is 0.231. The standard InChI is InChI=1S/C26H27N3O4S2/c1-19-11-12-22(13-20(19)2)29(35(31,32)25-9-4-3-5-10-25)16-26(30)28-27-15-21-7-6-8-23(14-21)33-24-17-34-18-24/h3-15,24H,16-18H2,1-2H3,(H,28,30)/b27-15+. The highest BCUT2D eigenvalue weighted by molar-refractivity contribution is 8.00. The number of rotatable bonds is 9. The Bertz CT molecular complexity index is 1320. The lowest BCUT2D eigenvalue weighted by Gasteiger charge is -2.25. The van der Waals surface area contributed by atoms with Gasteiger partial charge in [-0.15, -0.1) is 0 Å². The van der Waals surface area contributed by atoms with Crippen molar-refractivity contribution in [3.05, 3.63) is 89.5 Å². The van der Waals surface area contributed by atoms with Crippen molar-refractivity contribution in [1.29, 1.82) is 0 Å². The van der Waals surface area contributed by atoms with Crippen LogP contribution in [0.2, 0.25) is 0 Å². The lowest BCUT2D eigenvalue weighted by molar-refractivity contribution is -0.119. The van der Waals surface area contributed by atoms with E-state index in [1.54, 1.807) is 30.3 Å². The number of thioether (sulfide) groups is 1. The third-order valence-electron chi connectivity index (χ3n) is 5.57. The van der Waals surface area contributed by atoms with Gasteiger partial charge in [-0.1, -0.05) is 36.4 Å². The summed E-state index contributed by atoms with van der Waals surface area (Å²) in [4.78, 5) is 12.9. The van der Waals surface area contributed by atoms with Crippen LogP contribution in [-0.4, -0.2) is 44.7 Å². The van der Waals surface area contributed by atoms with Gasteiger partial charge in [-0.2, -0.15) is 16.9 Å². The molecule has 7 nitrogen and oxygen atoms in total. The Labute approximate surface area is 210 Å². The Morgan fingerprint density at radius 1 is 1.06 bits per heavy atom. The number of benzene rings is 3. The van der Waals surface area contributed by atoms with Crippen LogP contribution in [-0.2, 0) is 14.8 Å². The second-order valence-electron chi connectivity index (χ2n) is 8.24. The normalized spacial score (nSPS) is 13.9. The fourth-order valence-electron chi connectivity index (χ4n) is 3.40. The SMILES string of the molecule is Cc1ccc(N(CC(=O)N/N=C/c2cccc(OC3CSC3)c2)S(=O)(=O)c2ccccc2)cc1C. The van der Waals surface area contributed by atoms with E-state index >= 15 is 0 Å². The fourth-order valence-corrected chi connectivity index (χ4v) is 5.40. The number of sulfonamides is 1. The first-order valence-corrected chi connectivity index (χ1v) is 13.7. The number of amides is 1. The molecule has 35 heavy (non-hydrogen) atoms. The van der Waals surface area contributed by atoms with Crippen LogP contribution >= 0.6 is 11.8 Å². The predicted octanol–water partition coefficient (Wildman–Crippen LogP) is 4.14. The first kappa shape index (κ1) is 24.8. The van der Waals surface area contributed by atoms with Crippen molar-refractivity contribution < 1.29 is 17.9 Å². The zero-order chi connectivity index (χ0) is 24.8. The molecule has 3 aromatic rings. The molecule has 0 radical (unpaired) electrons. The van der Waals surface area contributed by atoms with Gasteiger partial charge in [0.2, 0.25) is 0 Å². The molecule has 0 unspecified atom stereocenters. The van der Waals surface area contributed by atoms with Gasteiger partial charge in [-0.25, -0.2) is 13.8 Å². The van der Waals surface area contributed by atoms with E-state index in [9.17, 15) is 13.2 Å². The minimum absolute atomic E-state index is 0.108. The number of ether oxygens (including phenoxy) is 1. The second kappa shape index (κ2) is 11.0. The Kier molecular flexibility index (Phi) is 7.77. The van der Waals surface area contributed by atoms with Crippen LogP contribution in [0.5, 0.6) is 5.75 Å². The van der Waals surface area contributed by atoms with Crippen molar-refractivity contribution in [3.8, 4) is 5.75 Å². The topological polar surface area (TPSA) is 88.1 Å². The Morgan fingerprint density at radius 2 is 1.83 bits per heavy atom. The van der Waals surface area contributed by atoms with Gasteiger partial charge in [0.1, 0.15) is 18.4 Å². The largest absolute Gasteiger partial charge is 0.489 e. The monoisotopic (exact) mass is 509 g/mol. The summed E-state index contributed by atoms with van der Waals surface area (Å²) in [7, 11) is -3.97. The van der Waals surface area contributed by atoms with E-state index in [1.807, 2.05) is 55.9 Å². The van der Waals surface area contributed by atoms with Crippen molar-refractivity contribution in [3.63, 3.8) is 0 Å². The van der Waals surface area contributed by atoms with Crippen LogP contribution in [0.1, 0.15) is 16.7 Å². The number of hydrazone groups is 1. The molecule has 1 aliphatic rings. The summed E-state index contributed by atoms with van der Waals surface area (Å²) in [5.74, 6) is 2.16. The number of hydrogen-bond acceptors (Lipinski definition) is 6. The highest BCUT2D eigenvalue weighted by atomic mass is 32.2. The average molecular weight is 510 g/mol. The molecule has 3 aromatic carbocycles. The number of nitrogens with zero attached hydrogens (tertiary/aromatic N) is 2. The maximum Gasteiger partial charge on any atom is 0.264 e. The van der Waals surface area contributed by atoms with Crippen molar-refractivity contribution >= 4 is 39.6 Å². The highest BCUT2D eigenvalue weighted by Crippen LogP contribution is 2.26. The number of carbonyl (C=O) groups excluding carboxylic acids is 1. The van der Waals surface area contributed by atoms with Crippen LogP contribution in [0.15, 0.2) is 82.8 Å². The van der Waals surface area contributed by atoms with Gasteiger partial charge in [-0.05, 0) is 66.9 Å². The van der Waals surface area contributed by atoms with Crippen molar-refractivity contribution in [2.45, 2.75) is 24.8 Å². The summed E-state index contributed by atoms with van der Waals surface area (Å²) in [6.07, 6.45) is 1.74. The molecule has 0 saturated carbocycles. The number of nitrogens with one attached hydrogen (secondary N) is 1. The third-order valence-corrected chi connectivity index (χ3v) is 8.57. The minimum Gasteiger partial charge on any atom is -0.489 e. The molecule has 1 saturated heterocycles. The molecule has 1 aliphatic heterocycles. The molecule has 1 N–H and O–H groups in total. The van der Waals surface area contributed by atoms with E-state index in [2.05, 4.69) is 10.5 Å². The molecule has 0 spiro atoms. The van der Waals surface area contributed by atoms with Gasteiger partial charge in [0, 0.05) is 11.5 Å². The van der Waals surface area contributed by atoms with Gasteiger partial charge < -0.3 is 4.74 Å². The maximum absolute atomic E-state index is 13.4. The van der Waals surface area contributed by atoms with E-state index in [1.165, 1.54) is 18.3 Å². The van der Waals surface area contributed by atoms with Crippen LogP contribution < -0.4 is 14.5 Å². The molecule has 0 atom stereocenters. The molecule has 1 amide bonds. The average Bonchev–Trinajstić information content (AvgIpc) is 2.82. The maximum atomic E-state index is 13.4. The summed E-state index contributed by atoms with van der Waals surface area (Å²) in [6, 6.07) is 20.8. The van der Waals surface area contributed by atoms with Crippen LogP contribution in [0.3, 0.4) is 0 Å². The van der Waals surface area contributed by atoms with Gasteiger partial charge >= 0.3 is 0 Å². The van der Waals surface area contributed by atoms with Crippen LogP contribution in [0, 0.1) is 13.8 Å². The summed E-state index contributed by atoms with van der Waals surface area (Å²) >= 11 is 1.84. The lowest BCUT2D eigenvalue weighted by atomic mass is 10.1. The summed E-state index contributed by atoms with van der Waals surface area (Å²) < 4.78 is 33.8. The molecule has 0 bridgehead atoms. The molecule has 182 valence electrons. The lowest BCUT2D eigenvalue weighted by Crippen LogP contribution is -2.39. The van der Waals surface area contributed by atoms with Crippen LogP contribution in [0.25, 0.3) is 0 Å². The van der Waals surface area contributed by atoms with Crippen molar-refractivity contribution in [2.75, 3.05) is 22.4 Å². The molecule has 4 rings (SSSR count). The molecule has 1 fully saturated rings. The van der Waals surface area contributed by atoms with Gasteiger partial charge in [-0.3, -0.25) is 9.10 Å². The van der Waals surface area contributed by atoms with Crippen molar-refractivity contribution in [2.24, 2.45) is 5.10 Å². The third kappa shape index (κ3) is 6.23. The molecule has 1 heterocycles. The van der Waals surface area contributed by atoms with E-state index in [4.69, 9.17) is 4.74 Å². The van der Waals surface area contributed by atoms with Gasteiger partial charge in [0.15, 0.2) is 0 Å². The Balaban J connectivity index is 1.49. The minimum atomic E-state index is -3.97. The molecule has 0 aliphatic carbocycles. The quantitative estimate of drug-likeness (QED) is 0.346. The molecular weight excluding hydrogens is 482 g/mol. The van der Waals surface area contributed by atoms with E-state index in [-0.39, 0.29) is 11.0 Å². The summed E-state index contributed by atoms with van der Waals surface area (Å²) in [5.41, 5.74) is 5.57. The number of anilines is 1. The van der Waals surface area contributed by atoms with Crippen LogP contribution in [0.4, 0.5) is 5.69 Å². The Hall–Kier alpha value is -3.30. The summed E-state index contributed by atoms with van der Waals surface area (Å²) in [6.45, 7) is 3.43. The van der Waals surface area contributed by atoms with E-state index in [0.717, 1.165) is 38.3 Å². The second-order valence-corrected chi connectivity index (χ2v) is 11.2. The predicted molar refractivity (Wildman–Crippen MR) is 141 cm³/mol. The summed E-state index contributed by atoms with van der Waals surface area (Å²) in [5, 5.41) is 4.02. The highest BCUT2D eigenvalue weighted by Gasteiger charge is 2.27. The molecule has 9 heteroatoms. The van der Waals surface area contributed by atoms with E-state index < -0.39 is 22.5 Å². The number of carbonyl (C=O) groups is 1. The van der Waals surface area contributed by atoms with Gasteiger partial charge in [0.25, 0.3) is 15.9 Å². The van der Waals surface area contributed by atoms with Gasteiger partial charge in [0.05, 0.1) is 16.8 Å². The first-order chi connectivity index (χ1) is 16.8. The smallest absolute Gasteiger partial charge is 0.264 e. The zero-order valence-electron chi connectivity index (χ0n) is 19.5. The number of aryl methyl sites for hydroxylation is 2. The molecule has 0 aromatic heterocycles. The number of hydrogen-bond donors (Lipinski definition) is 1. The Morgan fingerprint density at radius 3 is 2.51 bits per heavy atom. The van der Waals surface area contributed by atoms with E-state index in [0.29, 0.717) is 5.69 Å². The van der Waals surface area contributed by atoms with Crippen molar-refractivity contribution in [1.82, 2.24) is 5.43 Å². The zero-order valence-corrected chi connectivity index (χ0v) is 21.2.